The monoisotopic (exact) mass is 334 g/mol. The molecule has 25 heavy (non-hydrogen) atoms. The van der Waals surface area contributed by atoms with Crippen molar-refractivity contribution in [3.8, 4) is 23.7 Å². The van der Waals surface area contributed by atoms with Crippen molar-refractivity contribution in [2.45, 2.75) is 6.92 Å². The van der Waals surface area contributed by atoms with E-state index in [-0.39, 0.29) is 5.75 Å². The van der Waals surface area contributed by atoms with Crippen LogP contribution in [0.4, 0.5) is 0 Å². The van der Waals surface area contributed by atoms with Crippen LogP contribution in [0.1, 0.15) is 12.5 Å². The van der Waals surface area contributed by atoms with Gasteiger partial charge in [0, 0.05) is 18.7 Å². The van der Waals surface area contributed by atoms with Gasteiger partial charge in [-0.2, -0.15) is 5.26 Å². The Morgan fingerprint density at radius 3 is 2.44 bits per heavy atom. The van der Waals surface area contributed by atoms with Crippen molar-refractivity contribution < 1.29 is 9.84 Å². The zero-order chi connectivity index (χ0) is 18.8. The lowest BCUT2D eigenvalue weighted by molar-refractivity contribution is 0.309. The van der Waals surface area contributed by atoms with Gasteiger partial charge in [-0.15, -0.1) is 0 Å². The summed E-state index contributed by atoms with van der Waals surface area (Å²) in [6.07, 6.45) is 1.56. The summed E-state index contributed by atoms with van der Waals surface area (Å²) < 4.78 is 4.59. The van der Waals surface area contributed by atoms with Crippen molar-refractivity contribution in [3.63, 3.8) is 0 Å². The fourth-order valence-corrected chi connectivity index (χ4v) is 2.02. The summed E-state index contributed by atoms with van der Waals surface area (Å²) in [5.74, 6) is 6.87. The van der Waals surface area contributed by atoms with Crippen LogP contribution in [0, 0.1) is 23.2 Å². The summed E-state index contributed by atoms with van der Waals surface area (Å²) in [7, 11) is 1.56. The Kier molecular flexibility index (Phi) is 7.63. The van der Waals surface area contributed by atoms with Gasteiger partial charge in [-0.1, -0.05) is 25.7 Å². The molecular formula is C21H22N2O2. The van der Waals surface area contributed by atoms with Gasteiger partial charge in [0.1, 0.15) is 23.3 Å². The van der Waals surface area contributed by atoms with Crippen LogP contribution in [0.25, 0.3) is 0 Å². The minimum Gasteiger partial charge on any atom is -0.508 e. The first-order valence-corrected chi connectivity index (χ1v) is 7.70. The number of ether oxygens (including phenoxy) is 1. The summed E-state index contributed by atoms with van der Waals surface area (Å²) in [6, 6.07) is 8.84. The van der Waals surface area contributed by atoms with Crippen LogP contribution in [0.5, 0.6) is 5.75 Å². The molecule has 0 aliphatic carbocycles. The second-order valence-electron chi connectivity index (χ2n) is 5.12. The van der Waals surface area contributed by atoms with Crippen LogP contribution in [0.3, 0.4) is 0 Å². The lowest BCUT2D eigenvalue weighted by Crippen LogP contribution is -2.18. The molecule has 1 aliphatic heterocycles. The number of rotatable bonds is 3. The third-order valence-corrected chi connectivity index (χ3v) is 3.46. The summed E-state index contributed by atoms with van der Waals surface area (Å²) >= 11 is 0. The van der Waals surface area contributed by atoms with E-state index < -0.39 is 0 Å². The Bertz CT molecular complexity index is 784. The molecule has 1 aliphatic rings. The molecule has 0 unspecified atom stereocenters. The van der Waals surface area contributed by atoms with Crippen LogP contribution >= 0.6 is 0 Å². The van der Waals surface area contributed by atoms with Gasteiger partial charge < -0.3 is 14.7 Å². The van der Waals surface area contributed by atoms with E-state index in [1.807, 2.05) is 11.8 Å². The molecule has 1 heterocycles. The van der Waals surface area contributed by atoms with Crippen molar-refractivity contribution in [3.05, 3.63) is 78.2 Å². The largest absolute Gasteiger partial charge is 0.508 e. The molecule has 0 bridgehead atoms. The molecule has 0 spiro atoms. The Morgan fingerprint density at radius 2 is 2.00 bits per heavy atom. The van der Waals surface area contributed by atoms with Crippen molar-refractivity contribution in [1.82, 2.24) is 4.90 Å². The maximum atomic E-state index is 9.21. The molecule has 0 saturated heterocycles. The number of aromatic hydroxyl groups is 1. The van der Waals surface area contributed by atoms with E-state index in [0.29, 0.717) is 17.9 Å². The number of hydrogen-bond donors (Lipinski definition) is 1. The molecule has 0 radical (unpaired) electrons. The second kappa shape index (κ2) is 9.70. The number of phenolic OH excluding ortho intramolecular Hbond substituents is 1. The fourth-order valence-electron chi connectivity index (χ4n) is 2.02. The van der Waals surface area contributed by atoms with Crippen LogP contribution in [-0.2, 0) is 4.74 Å². The van der Waals surface area contributed by atoms with Gasteiger partial charge in [-0.25, -0.2) is 0 Å². The molecule has 2 rings (SSSR count). The maximum absolute atomic E-state index is 9.21. The van der Waals surface area contributed by atoms with Crippen molar-refractivity contribution in [2.24, 2.45) is 0 Å². The second-order valence-corrected chi connectivity index (χ2v) is 5.12. The molecule has 0 fully saturated rings. The standard InChI is InChI=1S/C16H14N2O.C5H8O/c1-3-18-11-12(2)15(10-17)16(18)9-6-13-4-7-14(19)8-5-13;1-4-5(2)6-3/h4-5,7-8,19H,2-3,11H2,1H3;4H,1-2H2,3H3. The quantitative estimate of drug-likeness (QED) is 0.520. The predicted octanol–water partition coefficient (Wildman–Crippen LogP) is 3.75. The average Bonchev–Trinajstić information content (AvgIpc) is 2.95. The average molecular weight is 334 g/mol. The summed E-state index contributed by atoms with van der Waals surface area (Å²) in [4.78, 5) is 2.04. The van der Waals surface area contributed by atoms with E-state index in [4.69, 9.17) is 5.26 Å². The predicted molar refractivity (Wildman–Crippen MR) is 100 cm³/mol. The lowest BCUT2D eigenvalue weighted by atomic mass is 10.1. The van der Waals surface area contributed by atoms with Crippen LogP contribution in [0.2, 0.25) is 0 Å². The number of likely N-dealkylation sites (N-methyl/N-ethyl adjacent to an activating group) is 1. The normalized spacial score (nSPS) is 12.4. The minimum absolute atomic E-state index is 0.215. The summed E-state index contributed by atoms with van der Waals surface area (Å²) in [6.45, 7) is 14.2. The van der Waals surface area contributed by atoms with E-state index in [2.05, 4.69) is 42.4 Å². The van der Waals surface area contributed by atoms with Gasteiger partial charge in [0.15, 0.2) is 0 Å². The van der Waals surface area contributed by atoms with Crippen LogP contribution in [0.15, 0.2) is 72.7 Å². The highest BCUT2D eigenvalue weighted by molar-refractivity contribution is 5.56. The zero-order valence-electron chi connectivity index (χ0n) is 14.7. The Balaban J connectivity index is 0.000000450. The molecule has 128 valence electrons. The minimum atomic E-state index is 0.215. The van der Waals surface area contributed by atoms with Crippen molar-refractivity contribution in [2.75, 3.05) is 20.2 Å². The molecule has 4 nitrogen and oxygen atoms in total. The molecule has 1 aromatic rings. The number of phenols is 1. The molecule has 0 aromatic heterocycles. The first kappa shape index (κ1) is 19.7. The Hall–Kier alpha value is -3.37. The first-order chi connectivity index (χ1) is 12.0. The third kappa shape index (κ3) is 5.64. The van der Waals surface area contributed by atoms with E-state index >= 15 is 0 Å². The van der Waals surface area contributed by atoms with Gasteiger partial charge in [-0.05, 0) is 48.8 Å². The van der Waals surface area contributed by atoms with Gasteiger partial charge in [0.05, 0.1) is 12.7 Å². The SMILES string of the molecule is C=C1CN(CC)C(C#Cc2ccc(O)cc2)=C1C#N.C=CC(=C)OC. The Labute approximate surface area is 149 Å². The molecule has 0 atom stereocenters. The van der Waals surface area contributed by atoms with Gasteiger partial charge >= 0.3 is 0 Å². The summed E-state index contributed by atoms with van der Waals surface area (Å²) in [5, 5.41) is 18.4. The lowest BCUT2D eigenvalue weighted by Gasteiger charge is -2.15. The highest BCUT2D eigenvalue weighted by Crippen LogP contribution is 2.25. The molecule has 1 N–H and O–H groups in total. The smallest absolute Gasteiger partial charge is 0.115 e. The third-order valence-electron chi connectivity index (χ3n) is 3.46. The molecular weight excluding hydrogens is 312 g/mol. The maximum Gasteiger partial charge on any atom is 0.115 e. The van der Waals surface area contributed by atoms with E-state index in [0.717, 1.165) is 23.4 Å². The molecule has 4 heteroatoms. The molecule has 0 saturated carbocycles. The van der Waals surface area contributed by atoms with Crippen molar-refractivity contribution >= 4 is 0 Å². The number of nitrogens with zero attached hydrogens (tertiary/aromatic N) is 2. The zero-order valence-corrected chi connectivity index (χ0v) is 14.7. The summed E-state index contributed by atoms with van der Waals surface area (Å²) in [5.41, 5.74) is 2.94. The van der Waals surface area contributed by atoms with E-state index in [1.165, 1.54) is 0 Å². The number of benzene rings is 1. The van der Waals surface area contributed by atoms with Crippen LogP contribution in [-0.4, -0.2) is 30.2 Å². The highest BCUT2D eigenvalue weighted by Gasteiger charge is 2.22. The number of allylic oxidation sites excluding steroid dienone is 2. The number of methoxy groups -OCH3 is 1. The first-order valence-electron chi connectivity index (χ1n) is 7.70. The topological polar surface area (TPSA) is 56.5 Å². The molecule has 0 amide bonds. The number of nitriles is 1. The Morgan fingerprint density at radius 1 is 1.36 bits per heavy atom. The van der Waals surface area contributed by atoms with Gasteiger partial charge in [0.25, 0.3) is 0 Å². The van der Waals surface area contributed by atoms with Crippen molar-refractivity contribution in [1.29, 1.82) is 5.26 Å². The molecule has 1 aromatic carbocycles. The van der Waals surface area contributed by atoms with E-state index in [1.54, 1.807) is 37.5 Å². The van der Waals surface area contributed by atoms with Crippen LogP contribution < -0.4 is 0 Å². The van der Waals surface area contributed by atoms with Gasteiger partial charge in [0.2, 0.25) is 0 Å². The number of hydrogen-bond acceptors (Lipinski definition) is 4. The fraction of sp³-hybridized carbons (Fsp3) is 0.190. The van der Waals surface area contributed by atoms with E-state index in [9.17, 15) is 5.11 Å². The van der Waals surface area contributed by atoms with Gasteiger partial charge in [-0.3, -0.25) is 0 Å². The highest BCUT2D eigenvalue weighted by atomic mass is 16.5.